The largest absolute Gasteiger partial charge is 0.507 e. The summed E-state index contributed by atoms with van der Waals surface area (Å²) in [6.07, 6.45) is 0. The van der Waals surface area contributed by atoms with Crippen LogP contribution in [0.4, 0.5) is 0 Å². The fourth-order valence-electron chi connectivity index (χ4n) is 2.13. The number of carbonyl (C=O) groups is 2. The number of phenols is 1. The molecule has 2 rings (SSSR count). The Bertz CT molecular complexity index is 722. The molecule has 0 fully saturated rings. The summed E-state index contributed by atoms with van der Waals surface area (Å²) in [5, 5.41) is 12.6. The Balaban J connectivity index is 2.00. The lowest BCUT2D eigenvalue weighted by molar-refractivity contribution is 0.0827. The molecule has 0 aliphatic rings. The van der Waals surface area contributed by atoms with Crippen molar-refractivity contribution in [3.63, 3.8) is 0 Å². The van der Waals surface area contributed by atoms with E-state index < -0.39 is 0 Å². The fraction of sp³-hybridized carbons (Fsp3) is 0.222. The number of nitrogens with one attached hydrogen (secondary N) is 1. The third-order valence-corrected chi connectivity index (χ3v) is 3.46. The number of nitrogens with zero attached hydrogens (tertiary/aromatic N) is 1. The highest BCUT2D eigenvalue weighted by Crippen LogP contribution is 2.18. The van der Waals surface area contributed by atoms with Gasteiger partial charge in [0.05, 0.1) is 5.56 Å². The maximum absolute atomic E-state index is 12.1. The van der Waals surface area contributed by atoms with E-state index >= 15 is 0 Å². The first-order valence-electron chi connectivity index (χ1n) is 7.27. The maximum atomic E-state index is 12.1. The predicted octanol–water partition coefficient (Wildman–Crippen LogP) is 2.33. The highest BCUT2D eigenvalue weighted by Gasteiger charge is 2.11. The molecule has 23 heavy (non-hydrogen) atoms. The number of benzene rings is 2. The van der Waals surface area contributed by atoms with Crippen LogP contribution in [-0.2, 0) is 6.54 Å². The standard InChI is InChI=1S/C18H20N2O3/c1-12-4-9-15(16(21)10-12)17(22)19-11-13-5-7-14(8-6-13)18(23)20(2)3/h4-10,21H,11H2,1-3H3,(H,19,22). The number of carbonyl (C=O) groups excluding carboxylic acids is 2. The van der Waals surface area contributed by atoms with Gasteiger partial charge in [0.2, 0.25) is 0 Å². The molecule has 2 amide bonds. The molecule has 0 aliphatic heterocycles. The molecule has 0 atom stereocenters. The minimum absolute atomic E-state index is 0.0329. The Labute approximate surface area is 135 Å². The van der Waals surface area contributed by atoms with E-state index in [2.05, 4.69) is 5.32 Å². The molecule has 0 heterocycles. The summed E-state index contributed by atoms with van der Waals surface area (Å²) in [5.41, 5.74) is 2.61. The minimum Gasteiger partial charge on any atom is -0.507 e. The molecule has 0 unspecified atom stereocenters. The molecular weight excluding hydrogens is 292 g/mol. The van der Waals surface area contributed by atoms with Gasteiger partial charge in [0, 0.05) is 26.2 Å². The minimum atomic E-state index is -0.337. The van der Waals surface area contributed by atoms with Crippen LogP contribution in [-0.4, -0.2) is 35.9 Å². The van der Waals surface area contributed by atoms with Crippen molar-refractivity contribution in [2.45, 2.75) is 13.5 Å². The van der Waals surface area contributed by atoms with Crippen molar-refractivity contribution in [2.75, 3.05) is 14.1 Å². The number of hydrogen-bond acceptors (Lipinski definition) is 3. The third kappa shape index (κ3) is 4.10. The fourth-order valence-corrected chi connectivity index (χ4v) is 2.13. The van der Waals surface area contributed by atoms with Crippen LogP contribution in [0.2, 0.25) is 0 Å². The zero-order chi connectivity index (χ0) is 17.0. The number of aromatic hydroxyl groups is 1. The zero-order valence-corrected chi connectivity index (χ0v) is 13.5. The van der Waals surface area contributed by atoms with E-state index in [4.69, 9.17) is 0 Å². The molecule has 5 heteroatoms. The molecule has 0 aliphatic carbocycles. The average Bonchev–Trinajstić information content (AvgIpc) is 2.52. The molecule has 0 bridgehead atoms. The van der Waals surface area contributed by atoms with Gasteiger partial charge < -0.3 is 15.3 Å². The number of amides is 2. The van der Waals surface area contributed by atoms with Gasteiger partial charge in [-0.15, -0.1) is 0 Å². The average molecular weight is 312 g/mol. The first-order valence-corrected chi connectivity index (χ1v) is 7.27. The summed E-state index contributed by atoms with van der Waals surface area (Å²) < 4.78 is 0. The van der Waals surface area contributed by atoms with Gasteiger partial charge in [0.15, 0.2) is 0 Å². The van der Waals surface area contributed by atoms with Crippen molar-refractivity contribution >= 4 is 11.8 Å². The van der Waals surface area contributed by atoms with E-state index in [-0.39, 0.29) is 23.1 Å². The Kier molecular flexibility index (Phi) is 5.01. The maximum Gasteiger partial charge on any atom is 0.255 e. The van der Waals surface area contributed by atoms with Crippen LogP contribution in [0.3, 0.4) is 0 Å². The molecule has 2 aromatic carbocycles. The van der Waals surface area contributed by atoms with Crippen molar-refractivity contribution in [1.29, 1.82) is 0 Å². The molecule has 0 saturated heterocycles. The van der Waals surface area contributed by atoms with E-state index in [9.17, 15) is 14.7 Å². The number of rotatable bonds is 4. The number of hydrogen-bond donors (Lipinski definition) is 2. The molecule has 120 valence electrons. The zero-order valence-electron chi connectivity index (χ0n) is 13.5. The lowest BCUT2D eigenvalue weighted by Crippen LogP contribution is -2.23. The predicted molar refractivity (Wildman–Crippen MR) is 88.5 cm³/mol. The quantitative estimate of drug-likeness (QED) is 0.910. The van der Waals surface area contributed by atoms with Crippen molar-refractivity contribution < 1.29 is 14.7 Å². The first-order chi connectivity index (χ1) is 10.9. The van der Waals surface area contributed by atoms with Crippen molar-refractivity contribution in [2.24, 2.45) is 0 Å². The van der Waals surface area contributed by atoms with Crippen LogP contribution in [0.25, 0.3) is 0 Å². The second-order valence-electron chi connectivity index (χ2n) is 5.60. The smallest absolute Gasteiger partial charge is 0.255 e. The van der Waals surface area contributed by atoms with Crippen LogP contribution < -0.4 is 5.32 Å². The van der Waals surface area contributed by atoms with Gasteiger partial charge in [-0.3, -0.25) is 9.59 Å². The van der Waals surface area contributed by atoms with Crippen LogP contribution in [0.15, 0.2) is 42.5 Å². The van der Waals surface area contributed by atoms with E-state index in [1.807, 2.05) is 6.92 Å². The lowest BCUT2D eigenvalue weighted by atomic mass is 10.1. The van der Waals surface area contributed by atoms with Crippen LogP contribution in [0, 0.1) is 6.92 Å². The Morgan fingerprint density at radius 2 is 1.74 bits per heavy atom. The van der Waals surface area contributed by atoms with Gasteiger partial charge in [0.1, 0.15) is 5.75 Å². The lowest BCUT2D eigenvalue weighted by Gasteiger charge is -2.11. The van der Waals surface area contributed by atoms with Gasteiger partial charge in [-0.25, -0.2) is 0 Å². The summed E-state index contributed by atoms with van der Waals surface area (Å²) >= 11 is 0. The Morgan fingerprint density at radius 3 is 2.30 bits per heavy atom. The van der Waals surface area contributed by atoms with Gasteiger partial charge in [0.25, 0.3) is 11.8 Å². The van der Waals surface area contributed by atoms with Crippen molar-refractivity contribution in [3.8, 4) is 5.75 Å². The SMILES string of the molecule is Cc1ccc(C(=O)NCc2ccc(C(=O)N(C)C)cc2)c(O)c1. The molecule has 2 aromatic rings. The summed E-state index contributed by atoms with van der Waals surface area (Å²) in [6, 6.07) is 12.0. The van der Waals surface area contributed by atoms with E-state index in [1.54, 1.807) is 56.6 Å². The summed E-state index contributed by atoms with van der Waals surface area (Å²) in [7, 11) is 3.40. The molecular formula is C18H20N2O3. The monoisotopic (exact) mass is 312 g/mol. The van der Waals surface area contributed by atoms with Crippen LogP contribution in [0.5, 0.6) is 5.75 Å². The number of phenolic OH excluding ortho intramolecular Hbond substituents is 1. The molecule has 0 aromatic heterocycles. The molecule has 0 saturated carbocycles. The molecule has 0 radical (unpaired) electrons. The summed E-state index contributed by atoms with van der Waals surface area (Å²) in [5.74, 6) is -0.435. The second kappa shape index (κ2) is 6.96. The highest BCUT2D eigenvalue weighted by molar-refractivity contribution is 5.97. The third-order valence-electron chi connectivity index (χ3n) is 3.46. The highest BCUT2D eigenvalue weighted by atomic mass is 16.3. The second-order valence-corrected chi connectivity index (χ2v) is 5.60. The number of aryl methyl sites for hydroxylation is 1. The van der Waals surface area contributed by atoms with Crippen LogP contribution >= 0.6 is 0 Å². The summed E-state index contributed by atoms with van der Waals surface area (Å²) in [4.78, 5) is 25.4. The first kappa shape index (κ1) is 16.5. The van der Waals surface area contributed by atoms with Crippen molar-refractivity contribution in [3.05, 3.63) is 64.7 Å². The van der Waals surface area contributed by atoms with Gasteiger partial charge in [-0.2, -0.15) is 0 Å². The van der Waals surface area contributed by atoms with Crippen LogP contribution in [0.1, 0.15) is 31.8 Å². The topological polar surface area (TPSA) is 69.6 Å². The van der Waals surface area contributed by atoms with E-state index in [0.717, 1.165) is 11.1 Å². The van der Waals surface area contributed by atoms with Gasteiger partial charge in [-0.1, -0.05) is 18.2 Å². The van der Waals surface area contributed by atoms with Crippen molar-refractivity contribution in [1.82, 2.24) is 10.2 Å². The molecule has 0 spiro atoms. The van der Waals surface area contributed by atoms with E-state index in [0.29, 0.717) is 12.1 Å². The van der Waals surface area contributed by atoms with Gasteiger partial charge >= 0.3 is 0 Å². The Hall–Kier alpha value is -2.82. The molecule has 5 nitrogen and oxygen atoms in total. The van der Waals surface area contributed by atoms with E-state index in [1.165, 1.54) is 4.90 Å². The normalized spacial score (nSPS) is 10.2. The molecule has 2 N–H and O–H groups in total. The van der Waals surface area contributed by atoms with Gasteiger partial charge in [-0.05, 0) is 42.3 Å². The Morgan fingerprint density at radius 1 is 1.09 bits per heavy atom. The summed E-state index contributed by atoms with van der Waals surface area (Å²) in [6.45, 7) is 2.17.